The lowest BCUT2D eigenvalue weighted by Gasteiger charge is -2.36. The van der Waals surface area contributed by atoms with Crippen molar-refractivity contribution in [3.8, 4) is 0 Å². The van der Waals surface area contributed by atoms with Gasteiger partial charge in [-0.25, -0.2) is 9.78 Å². The predicted octanol–water partition coefficient (Wildman–Crippen LogP) is 2.29. The molecule has 8 nitrogen and oxygen atoms in total. The first-order valence-electron chi connectivity index (χ1n) is 8.58. The van der Waals surface area contributed by atoms with E-state index in [2.05, 4.69) is 9.88 Å². The van der Waals surface area contributed by atoms with Crippen LogP contribution in [0, 0.1) is 6.92 Å². The van der Waals surface area contributed by atoms with Gasteiger partial charge in [0.2, 0.25) is 0 Å². The summed E-state index contributed by atoms with van der Waals surface area (Å²) in [5, 5.41) is 0. The van der Waals surface area contributed by atoms with Crippen molar-refractivity contribution in [2.45, 2.75) is 33.3 Å². The highest BCUT2D eigenvalue weighted by Crippen LogP contribution is 2.31. The maximum atomic E-state index is 12.2. The van der Waals surface area contributed by atoms with E-state index in [1.807, 2.05) is 26.8 Å². The standard InChI is InChI=1S/C18H24N4O4/c1-11-20-14-12(16(19)23)5-6-13(15(14)25-11)21-7-9-22(10-8-21)17(24)26-18(2,3)4/h5-6H,7-10H2,1-4H3,(H2,19,23). The van der Waals surface area contributed by atoms with Crippen molar-refractivity contribution in [2.75, 3.05) is 31.1 Å². The van der Waals surface area contributed by atoms with Gasteiger partial charge in [0.05, 0.1) is 11.3 Å². The molecular formula is C18H24N4O4. The second kappa shape index (κ2) is 6.51. The summed E-state index contributed by atoms with van der Waals surface area (Å²) in [7, 11) is 0. The van der Waals surface area contributed by atoms with Crippen molar-refractivity contribution >= 4 is 28.8 Å². The van der Waals surface area contributed by atoms with Gasteiger partial charge < -0.3 is 24.7 Å². The second-order valence-corrected chi connectivity index (χ2v) is 7.36. The molecule has 0 radical (unpaired) electrons. The Morgan fingerprint density at radius 3 is 2.42 bits per heavy atom. The Labute approximate surface area is 151 Å². The van der Waals surface area contributed by atoms with Crippen LogP contribution in [0.5, 0.6) is 0 Å². The predicted molar refractivity (Wildman–Crippen MR) is 97.3 cm³/mol. The van der Waals surface area contributed by atoms with Gasteiger partial charge in [-0.2, -0.15) is 0 Å². The molecule has 1 aliphatic rings. The Morgan fingerprint density at radius 1 is 1.19 bits per heavy atom. The fourth-order valence-electron chi connectivity index (χ4n) is 3.00. The summed E-state index contributed by atoms with van der Waals surface area (Å²) in [5.74, 6) is -0.0630. The van der Waals surface area contributed by atoms with Crippen LogP contribution in [0.4, 0.5) is 10.5 Å². The number of aromatic nitrogens is 1. The number of fused-ring (bicyclic) bond motifs is 1. The van der Waals surface area contributed by atoms with Gasteiger partial charge in [0.25, 0.3) is 5.91 Å². The summed E-state index contributed by atoms with van der Waals surface area (Å²) in [6.07, 6.45) is -0.304. The van der Waals surface area contributed by atoms with E-state index in [0.29, 0.717) is 48.7 Å². The van der Waals surface area contributed by atoms with Crippen LogP contribution >= 0.6 is 0 Å². The topological polar surface area (TPSA) is 102 Å². The molecule has 26 heavy (non-hydrogen) atoms. The van der Waals surface area contributed by atoms with E-state index in [0.717, 1.165) is 5.69 Å². The molecule has 1 aliphatic heterocycles. The number of ether oxygens (including phenoxy) is 1. The van der Waals surface area contributed by atoms with E-state index in [-0.39, 0.29) is 6.09 Å². The minimum Gasteiger partial charge on any atom is -0.444 e. The van der Waals surface area contributed by atoms with E-state index in [1.165, 1.54) is 0 Å². The lowest BCUT2D eigenvalue weighted by atomic mass is 10.1. The van der Waals surface area contributed by atoms with Crippen molar-refractivity contribution in [3.05, 3.63) is 23.6 Å². The number of nitrogens with two attached hydrogens (primary N) is 1. The summed E-state index contributed by atoms with van der Waals surface area (Å²) in [6.45, 7) is 9.63. The third kappa shape index (κ3) is 3.58. The highest BCUT2D eigenvalue weighted by atomic mass is 16.6. The Kier molecular flexibility index (Phi) is 4.52. The molecule has 0 unspecified atom stereocenters. The minimum atomic E-state index is -0.537. The summed E-state index contributed by atoms with van der Waals surface area (Å²) >= 11 is 0. The highest BCUT2D eigenvalue weighted by molar-refractivity contribution is 6.06. The van der Waals surface area contributed by atoms with Gasteiger partial charge in [0.15, 0.2) is 11.5 Å². The number of piperazine rings is 1. The second-order valence-electron chi connectivity index (χ2n) is 7.36. The van der Waals surface area contributed by atoms with E-state index >= 15 is 0 Å². The molecular weight excluding hydrogens is 336 g/mol. The molecule has 8 heteroatoms. The van der Waals surface area contributed by atoms with Crippen molar-refractivity contribution in [1.82, 2.24) is 9.88 Å². The third-order valence-corrected chi connectivity index (χ3v) is 4.17. The molecule has 0 saturated carbocycles. The van der Waals surface area contributed by atoms with Gasteiger partial charge in [-0.1, -0.05) is 0 Å². The third-order valence-electron chi connectivity index (χ3n) is 4.17. The smallest absolute Gasteiger partial charge is 0.410 e. The van der Waals surface area contributed by atoms with Gasteiger partial charge in [0, 0.05) is 33.1 Å². The molecule has 1 saturated heterocycles. The van der Waals surface area contributed by atoms with Crippen LogP contribution in [0.2, 0.25) is 0 Å². The van der Waals surface area contributed by atoms with Gasteiger partial charge >= 0.3 is 6.09 Å². The summed E-state index contributed by atoms with van der Waals surface area (Å²) < 4.78 is 11.1. The van der Waals surface area contributed by atoms with Crippen molar-refractivity contribution < 1.29 is 18.7 Å². The first-order chi connectivity index (χ1) is 12.2. The zero-order valence-electron chi connectivity index (χ0n) is 15.5. The number of primary amides is 1. The first kappa shape index (κ1) is 18.0. The monoisotopic (exact) mass is 360 g/mol. The molecule has 2 amide bonds. The summed E-state index contributed by atoms with van der Waals surface area (Å²) in [4.78, 5) is 31.9. The van der Waals surface area contributed by atoms with Gasteiger partial charge in [-0.05, 0) is 32.9 Å². The van der Waals surface area contributed by atoms with Crippen molar-refractivity contribution in [1.29, 1.82) is 0 Å². The van der Waals surface area contributed by atoms with Crippen LogP contribution in [-0.2, 0) is 4.74 Å². The van der Waals surface area contributed by atoms with Crippen LogP contribution in [0.15, 0.2) is 16.5 Å². The largest absolute Gasteiger partial charge is 0.444 e. The maximum Gasteiger partial charge on any atom is 0.410 e. The number of amides is 2. The Bertz CT molecular complexity index is 845. The molecule has 0 aliphatic carbocycles. The van der Waals surface area contributed by atoms with E-state index in [1.54, 1.807) is 17.9 Å². The number of hydrogen-bond acceptors (Lipinski definition) is 6. The molecule has 0 bridgehead atoms. The minimum absolute atomic E-state index is 0.304. The number of hydrogen-bond donors (Lipinski definition) is 1. The number of nitrogens with zero attached hydrogens (tertiary/aromatic N) is 3. The number of aryl methyl sites for hydroxylation is 1. The zero-order valence-corrected chi connectivity index (χ0v) is 15.5. The summed E-state index contributed by atoms with van der Waals surface area (Å²) in [5.41, 5.74) is 7.12. The van der Waals surface area contributed by atoms with Crippen LogP contribution in [0.3, 0.4) is 0 Å². The molecule has 1 aromatic carbocycles. The number of carbonyl (C=O) groups excluding carboxylic acids is 2. The maximum absolute atomic E-state index is 12.2. The number of carbonyl (C=O) groups is 2. The normalized spacial score (nSPS) is 15.4. The fraction of sp³-hybridized carbons (Fsp3) is 0.500. The molecule has 0 spiro atoms. The van der Waals surface area contributed by atoms with Crippen LogP contribution in [-0.4, -0.2) is 53.7 Å². The summed E-state index contributed by atoms with van der Waals surface area (Å²) in [6, 6.07) is 3.48. The lowest BCUT2D eigenvalue weighted by molar-refractivity contribution is 0.0240. The SMILES string of the molecule is Cc1nc2c(C(N)=O)ccc(N3CCN(C(=O)OC(C)(C)C)CC3)c2o1. The van der Waals surface area contributed by atoms with Crippen molar-refractivity contribution in [3.63, 3.8) is 0 Å². The molecule has 1 aromatic heterocycles. The van der Waals surface area contributed by atoms with Gasteiger partial charge in [0.1, 0.15) is 11.1 Å². The molecule has 3 rings (SSSR count). The molecule has 1 fully saturated rings. The number of benzene rings is 1. The average molecular weight is 360 g/mol. The Hall–Kier alpha value is -2.77. The fourth-order valence-corrected chi connectivity index (χ4v) is 3.00. The van der Waals surface area contributed by atoms with Gasteiger partial charge in [-0.15, -0.1) is 0 Å². The first-order valence-corrected chi connectivity index (χ1v) is 8.58. The molecule has 0 atom stereocenters. The van der Waals surface area contributed by atoms with Crippen LogP contribution < -0.4 is 10.6 Å². The molecule has 140 valence electrons. The van der Waals surface area contributed by atoms with E-state index in [4.69, 9.17) is 14.9 Å². The quantitative estimate of drug-likeness (QED) is 0.881. The van der Waals surface area contributed by atoms with Crippen LogP contribution in [0.25, 0.3) is 11.1 Å². The lowest BCUT2D eigenvalue weighted by Crippen LogP contribution is -2.50. The molecule has 2 heterocycles. The number of anilines is 1. The molecule has 2 aromatic rings. The Morgan fingerprint density at radius 2 is 1.85 bits per heavy atom. The van der Waals surface area contributed by atoms with Gasteiger partial charge in [-0.3, -0.25) is 4.79 Å². The Balaban J connectivity index is 1.79. The number of rotatable bonds is 2. The average Bonchev–Trinajstić information content (AvgIpc) is 2.93. The van der Waals surface area contributed by atoms with E-state index in [9.17, 15) is 9.59 Å². The molecule has 2 N–H and O–H groups in total. The van der Waals surface area contributed by atoms with Crippen molar-refractivity contribution in [2.24, 2.45) is 5.73 Å². The number of oxazole rings is 1. The highest BCUT2D eigenvalue weighted by Gasteiger charge is 2.27. The zero-order chi connectivity index (χ0) is 19.1. The van der Waals surface area contributed by atoms with Crippen LogP contribution in [0.1, 0.15) is 37.0 Å². The van der Waals surface area contributed by atoms with E-state index < -0.39 is 11.5 Å².